The van der Waals surface area contributed by atoms with E-state index in [2.05, 4.69) is 41.2 Å². The third-order valence-corrected chi connectivity index (χ3v) is 3.64. The predicted molar refractivity (Wildman–Crippen MR) is 78.1 cm³/mol. The standard InChI is InChI=1S/C13H11BrF2N6O/c14-12-18-7-22(21-12)5-13(23,4-11-17-6-19-20-11)9-2-1-8(15)3-10(9)16/h1-3,6-7,23H,4-5H2,(H,17,19,20). The van der Waals surface area contributed by atoms with Gasteiger partial charge in [-0.25, -0.2) is 23.4 Å². The number of rotatable bonds is 5. The molecule has 0 radical (unpaired) electrons. The Labute approximate surface area is 137 Å². The van der Waals surface area contributed by atoms with E-state index in [-0.39, 0.29) is 24.4 Å². The van der Waals surface area contributed by atoms with Crippen LogP contribution in [0.4, 0.5) is 8.78 Å². The van der Waals surface area contributed by atoms with Crippen molar-refractivity contribution < 1.29 is 13.9 Å². The smallest absolute Gasteiger partial charge is 0.217 e. The van der Waals surface area contributed by atoms with Crippen LogP contribution in [0.1, 0.15) is 11.4 Å². The maximum atomic E-state index is 14.2. The van der Waals surface area contributed by atoms with Crippen molar-refractivity contribution in [1.29, 1.82) is 0 Å². The number of H-pyrrole nitrogens is 1. The highest BCUT2D eigenvalue weighted by molar-refractivity contribution is 9.10. The van der Waals surface area contributed by atoms with Crippen LogP contribution in [-0.2, 0) is 18.6 Å². The molecule has 2 aromatic heterocycles. The summed E-state index contributed by atoms with van der Waals surface area (Å²) < 4.78 is 29.0. The van der Waals surface area contributed by atoms with Crippen molar-refractivity contribution in [2.45, 2.75) is 18.6 Å². The van der Waals surface area contributed by atoms with Crippen LogP contribution in [0.2, 0.25) is 0 Å². The lowest BCUT2D eigenvalue weighted by atomic mass is 9.89. The van der Waals surface area contributed by atoms with E-state index >= 15 is 0 Å². The normalized spacial score (nSPS) is 13.9. The fraction of sp³-hybridized carbons (Fsp3) is 0.231. The van der Waals surface area contributed by atoms with Gasteiger partial charge < -0.3 is 5.11 Å². The van der Waals surface area contributed by atoms with Crippen molar-refractivity contribution in [3.8, 4) is 0 Å². The molecule has 2 N–H and O–H groups in total. The number of aromatic amines is 1. The first-order valence-electron chi connectivity index (χ1n) is 6.54. The molecular weight excluding hydrogens is 374 g/mol. The van der Waals surface area contributed by atoms with Crippen molar-refractivity contribution in [3.63, 3.8) is 0 Å². The van der Waals surface area contributed by atoms with E-state index in [0.717, 1.165) is 12.1 Å². The van der Waals surface area contributed by atoms with E-state index in [1.54, 1.807) is 0 Å². The number of nitrogens with zero attached hydrogens (tertiary/aromatic N) is 5. The highest BCUT2D eigenvalue weighted by Gasteiger charge is 2.35. The minimum Gasteiger partial charge on any atom is -0.383 e. The van der Waals surface area contributed by atoms with E-state index in [1.165, 1.54) is 23.4 Å². The fourth-order valence-corrected chi connectivity index (χ4v) is 2.60. The average molecular weight is 385 g/mol. The van der Waals surface area contributed by atoms with Gasteiger partial charge in [0, 0.05) is 18.1 Å². The van der Waals surface area contributed by atoms with Gasteiger partial charge in [0.05, 0.1) is 6.54 Å². The zero-order valence-electron chi connectivity index (χ0n) is 11.6. The number of halogens is 3. The fourth-order valence-electron chi connectivity index (χ4n) is 2.30. The number of hydrogen-bond acceptors (Lipinski definition) is 5. The van der Waals surface area contributed by atoms with Crippen LogP contribution in [0.3, 0.4) is 0 Å². The summed E-state index contributed by atoms with van der Waals surface area (Å²) in [6, 6.07) is 3.00. The molecule has 0 aliphatic heterocycles. The maximum absolute atomic E-state index is 14.2. The lowest BCUT2D eigenvalue weighted by molar-refractivity contribution is 0.00981. The minimum atomic E-state index is -1.73. The molecule has 3 rings (SSSR count). The number of hydrogen-bond donors (Lipinski definition) is 2. The summed E-state index contributed by atoms with van der Waals surface area (Å²) in [6.45, 7) is -0.108. The Hall–Kier alpha value is -2.20. The molecule has 0 saturated carbocycles. The monoisotopic (exact) mass is 384 g/mol. The predicted octanol–water partition coefficient (Wildman–Crippen LogP) is 1.57. The molecule has 2 heterocycles. The molecule has 0 aliphatic carbocycles. The van der Waals surface area contributed by atoms with Gasteiger partial charge in [-0.2, -0.15) is 5.10 Å². The molecular formula is C13H11BrF2N6O. The van der Waals surface area contributed by atoms with Gasteiger partial charge in [0.2, 0.25) is 4.73 Å². The minimum absolute atomic E-state index is 0.0738. The number of benzene rings is 1. The van der Waals surface area contributed by atoms with Crippen LogP contribution >= 0.6 is 15.9 Å². The number of aliphatic hydroxyl groups is 1. The van der Waals surface area contributed by atoms with Gasteiger partial charge in [0.15, 0.2) is 5.82 Å². The second-order valence-corrected chi connectivity index (χ2v) is 5.67. The third kappa shape index (κ3) is 3.42. The molecule has 23 heavy (non-hydrogen) atoms. The maximum Gasteiger partial charge on any atom is 0.217 e. The largest absolute Gasteiger partial charge is 0.383 e. The van der Waals surface area contributed by atoms with Gasteiger partial charge in [0.25, 0.3) is 0 Å². The Kier molecular flexibility index (Phi) is 4.18. The second-order valence-electron chi connectivity index (χ2n) is 4.96. The van der Waals surface area contributed by atoms with Gasteiger partial charge in [0.1, 0.15) is 29.9 Å². The molecule has 0 bridgehead atoms. The number of nitrogens with one attached hydrogen (secondary N) is 1. The highest BCUT2D eigenvalue weighted by atomic mass is 79.9. The van der Waals surface area contributed by atoms with Crippen LogP contribution in [-0.4, -0.2) is 35.1 Å². The van der Waals surface area contributed by atoms with E-state index < -0.39 is 17.2 Å². The first-order chi connectivity index (χ1) is 11.0. The Morgan fingerprint density at radius 3 is 2.74 bits per heavy atom. The summed E-state index contributed by atoms with van der Waals surface area (Å²) in [5.41, 5.74) is -1.80. The van der Waals surface area contributed by atoms with E-state index in [4.69, 9.17) is 0 Å². The zero-order valence-corrected chi connectivity index (χ0v) is 13.2. The molecule has 1 unspecified atom stereocenters. The van der Waals surface area contributed by atoms with Crippen molar-refractivity contribution >= 4 is 15.9 Å². The lowest BCUT2D eigenvalue weighted by Gasteiger charge is -2.27. The molecule has 7 nitrogen and oxygen atoms in total. The van der Waals surface area contributed by atoms with Crippen molar-refractivity contribution in [3.05, 3.63) is 58.6 Å². The zero-order chi connectivity index (χ0) is 16.4. The third-order valence-electron chi connectivity index (χ3n) is 3.28. The van der Waals surface area contributed by atoms with Gasteiger partial charge >= 0.3 is 0 Å². The molecule has 1 atom stereocenters. The molecule has 0 aliphatic rings. The van der Waals surface area contributed by atoms with E-state index in [1.807, 2.05) is 0 Å². The summed E-state index contributed by atoms with van der Waals surface area (Å²) in [7, 11) is 0. The Bertz CT molecular complexity index is 809. The topological polar surface area (TPSA) is 92.5 Å². The molecule has 0 fully saturated rings. The molecule has 3 aromatic rings. The van der Waals surface area contributed by atoms with Crippen molar-refractivity contribution in [2.24, 2.45) is 0 Å². The van der Waals surface area contributed by atoms with Crippen LogP contribution in [0, 0.1) is 11.6 Å². The molecule has 10 heteroatoms. The summed E-state index contributed by atoms with van der Waals surface area (Å²) in [5, 5.41) is 21.4. The Balaban J connectivity index is 2.01. The Morgan fingerprint density at radius 2 is 2.13 bits per heavy atom. The van der Waals surface area contributed by atoms with Crippen molar-refractivity contribution in [2.75, 3.05) is 0 Å². The average Bonchev–Trinajstić information content (AvgIpc) is 3.10. The molecule has 0 spiro atoms. The number of aromatic nitrogens is 6. The van der Waals surface area contributed by atoms with Crippen LogP contribution in [0.5, 0.6) is 0 Å². The van der Waals surface area contributed by atoms with Crippen LogP contribution < -0.4 is 0 Å². The van der Waals surface area contributed by atoms with E-state index in [0.29, 0.717) is 4.73 Å². The highest BCUT2D eigenvalue weighted by Crippen LogP contribution is 2.29. The van der Waals surface area contributed by atoms with Crippen LogP contribution in [0.25, 0.3) is 0 Å². The van der Waals surface area contributed by atoms with Crippen LogP contribution in [0.15, 0.2) is 35.6 Å². The first-order valence-corrected chi connectivity index (χ1v) is 7.33. The van der Waals surface area contributed by atoms with Gasteiger partial charge in [-0.3, -0.25) is 5.10 Å². The molecule has 120 valence electrons. The van der Waals surface area contributed by atoms with Crippen molar-refractivity contribution in [1.82, 2.24) is 29.9 Å². The summed E-state index contributed by atoms with van der Waals surface area (Å²) in [6.07, 6.45) is 2.65. The summed E-state index contributed by atoms with van der Waals surface area (Å²) in [5.74, 6) is -1.30. The van der Waals surface area contributed by atoms with E-state index in [9.17, 15) is 13.9 Å². The molecule has 1 aromatic carbocycles. The molecule has 0 saturated heterocycles. The lowest BCUT2D eigenvalue weighted by Crippen LogP contribution is -2.35. The van der Waals surface area contributed by atoms with Gasteiger partial charge in [-0.1, -0.05) is 6.07 Å². The summed E-state index contributed by atoms with van der Waals surface area (Å²) in [4.78, 5) is 7.84. The molecule has 0 amide bonds. The second kappa shape index (κ2) is 6.13. The van der Waals surface area contributed by atoms with Gasteiger partial charge in [-0.05, 0) is 22.0 Å². The van der Waals surface area contributed by atoms with Gasteiger partial charge in [-0.15, -0.1) is 5.10 Å². The first kappa shape index (κ1) is 15.7. The quantitative estimate of drug-likeness (QED) is 0.696. The SMILES string of the molecule is OC(Cc1nc[nH]n1)(Cn1cnc(Br)n1)c1ccc(F)cc1F. The summed E-state index contributed by atoms with van der Waals surface area (Å²) >= 11 is 3.10. The Morgan fingerprint density at radius 1 is 1.30 bits per heavy atom.